The third kappa shape index (κ3) is 4.69. The molecule has 6 nitrogen and oxygen atoms in total. The van der Waals surface area contributed by atoms with Crippen LogP contribution in [0.15, 0.2) is 53.4 Å². The Hall–Kier alpha value is -2.45. The van der Waals surface area contributed by atoms with Crippen molar-refractivity contribution in [1.82, 2.24) is 9.62 Å². The molecule has 0 spiro atoms. The lowest BCUT2D eigenvalue weighted by molar-refractivity contribution is 0.231. The van der Waals surface area contributed by atoms with Gasteiger partial charge in [-0.05, 0) is 49.6 Å². The Kier molecular flexibility index (Phi) is 6.31. The molecule has 2 N–H and O–H groups in total. The lowest BCUT2D eigenvalue weighted by Crippen LogP contribution is -2.50. The van der Waals surface area contributed by atoms with Crippen LogP contribution in [0.1, 0.15) is 24.8 Å². The fraction of sp³-hybridized carbons (Fsp3) is 0.350. The van der Waals surface area contributed by atoms with Crippen molar-refractivity contribution in [3.63, 3.8) is 0 Å². The first-order valence-corrected chi connectivity index (χ1v) is 10.7. The van der Waals surface area contributed by atoms with Gasteiger partial charge in [0.1, 0.15) is 5.82 Å². The highest BCUT2D eigenvalue weighted by atomic mass is 32.2. The van der Waals surface area contributed by atoms with Crippen LogP contribution in [0.3, 0.4) is 0 Å². The fourth-order valence-electron chi connectivity index (χ4n) is 3.38. The number of halogens is 1. The molecule has 1 fully saturated rings. The number of aryl methyl sites for hydroxylation is 1. The van der Waals surface area contributed by atoms with Crippen LogP contribution in [0.2, 0.25) is 0 Å². The van der Waals surface area contributed by atoms with Crippen LogP contribution in [0.25, 0.3) is 0 Å². The van der Waals surface area contributed by atoms with Gasteiger partial charge in [0.05, 0.1) is 4.90 Å². The fourth-order valence-corrected chi connectivity index (χ4v) is 5.31. The van der Waals surface area contributed by atoms with E-state index in [0.717, 1.165) is 18.9 Å². The Morgan fingerprint density at radius 2 is 1.93 bits per heavy atom. The average molecular weight is 405 g/mol. The average Bonchev–Trinajstić information content (AvgIpc) is 2.69. The van der Waals surface area contributed by atoms with Gasteiger partial charge in [0, 0.05) is 24.8 Å². The zero-order valence-electron chi connectivity index (χ0n) is 15.7. The predicted molar refractivity (Wildman–Crippen MR) is 106 cm³/mol. The van der Waals surface area contributed by atoms with Gasteiger partial charge in [-0.25, -0.2) is 17.6 Å². The van der Waals surface area contributed by atoms with Gasteiger partial charge in [-0.2, -0.15) is 4.31 Å². The molecule has 1 heterocycles. The van der Waals surface area contributed by atoms with Crippen LogP contribution < -0.4 is 10.6 Å². The van der Waals surface area contributed by atoms with E-state index in [2.05, 4.69) is 10.6 Å². The van der Waals surface area contributed by atoms with E-state index < -0.39 is 21.9 Å². The molecule has 0 aromatic heterocycles. The monoisotopic (exact) mass is 405 g/mol. The van der Waals surface area contributed by atoms with Crippen molar-refractivity contribution in [2.45, 2.75) is 37.1 Å². The molecule has 2 amide bonds. The normalized spacial score (nSPS) is 17.9. The van der Waals surface area contributed by atoms with Crippen LogP contribution in [-0.2, 0) is 10.0 Å². The maximum absolute atomic E-state index is 13.7. The molecule has 1 atom stereocenters. The van der Waals surface area contributed by atoms with Crippen molar-refractivity contribution in [3.05, 3.63) is 59.9 Å². The quantitative estimate of drug-likeness (QED) is 0.799. The van der Waals surface area contributed by atoms with Crippen LogP contribution in [0.5, 0.6) is 0 Å². The number of carbonyl (C=O) groups is 1. The molecule has 3 rings (SSSR count). The highest BCUT2D eigenvalue weighted by molar-refractivity contribution is 7.89. The molecule has 2 aromatic carbocycles. The van der Waals surface area contributed by atoms with E-state index in [1.54, 1.807) is 19.1 Å². The minimum atomic E-state index is -3.85. The molecule has 8 heteroatoms. The van der Waals surface area contributed by atoms with E-state index in [1.165, 1.54) is 16.4 Å². The lowest BCUT2D eigenvalue weighted by atomic mass is 10.1. The molecule has 0 saturated carbocycles. The molecule has 1 aliphatic heterocycles. The summed E-state index contributed by atoms with van der Waals surface area (Å²) in [5.41, 5.74) is 1.16. The van der Waals surface area contributed by atoms with E-state index in [0.29, 0.717) is 24.2 Å². The Labute approximate surface area is 164 Å². The summed E-state index contributed by atoms with van der Waals surface area (Å²) in [6.45, 7) is 2.19. The van der Waals surface area contributed by atoms with Gasteiger partial charge in [-0.15, -0.1) is 0 Å². The molecule has 150 valence electrons. The van der Waals surface area contributed by atoms with Gasteiger partial charge in [0.15, 0.2) is 0 Å². The second kappa shape index (κ2) is 8.70. The highest BCUT2D eigenvalue weighted by Crippen LogP contribution is 2.27. The highest BCUT2D eigenvalue weighted by Gasteiger charge is 2.34. The maximum Gasteiger partial charge on any atom is 0.319 e. The molecule has 0 aliphatic carbocycles. The standard InChI is InChI=1S/C20H24FN3O3S/c1-15-10-11-16(21)13-19(15)28(26,27)24-12-6-5-9-18(24)14-22-20(25)23-17-7-3-2-4-8-17/h2-4,7-8,10-11,13,18H,5-6,9,12,14H2,1H3,(H2,22,23,25). The number of nitrogens with zero attached hydrogens (tertiary/aromatic N) is 1. The predicted octanol–water partition coefficient (Wildman–Crippen LogP) is 3.50. The minimum absolute atomic E-state index is 0.0202. The smallest absolute Gasteiger partial charge is 0.319 e. The SMILES string of the molecule is Cc1ccc(F)cc1S(=O)(=O)N1CCCCC1CNC(=O)Nc1ccccc1. The second-order valence-corrected chi connectivity index (χ2v) is 8.74. The molecule has 1 saturated heterocycles. The van der Waals surface area contributed by atoms with Crippen molar-refractivity contribution < 1.29 is 17.6 Å². The molecule has 0 radical (unpaired) electrons. The Bertz CT molecular complexity index is 935. The number of para-hydroxylation sites is 1. The topological polar surface area (TPSA) is 78.5 Å². The number of benzene rings is 2. The molecular formula is C20H24FN3O3S. The van der Waals surface area contributed by atoms with E-state index in [1.807, 2.05) is 18.2 Å². The van der Waals surface area contributed by atoms with Gasteiger partial charge >= 0.3 is 6.03 Å². The van der Waals surface area contributed by atoms with Crippen LogP contribution in [-0.4, -0.2) is 37.9 Å². The largest absolute Gasteiger partial charge is 0.336 e. The molecule has 2 aromatic rings. The molecule has 1 unspecified atom stereocenters. The number of hydrogen-bond acceptors (Lipinski definition) is 3. The van der Waals surface area contributed by atoms with Crippen molar-refractivity contribution in [2.75, 3.05) is 18.4 Å². The van der Waals surface area contributed by atoms with Crippen molar-refractivity contribution in [1.29, 1.82) is 0 Å². The summed E-state index contributed by atoms with van der Waals surface area (Å²) >= 11 is 0. The van der Waals surface area contributed by atoms with Gasteiger partial charge in [-0.1, -0.05) is 30.7 Å². The number of amides is 2. The van der Waals surface area contributed by atoms with Gasteiger partial charge in [-0.3, -0.25) is 0 Å². The number of sulfonamides is 1. The van der Waals surface area contributed by atoms with Crippen molar-refractivity contribution >= 4 is 21.7 Å². The zero-order chi connectivity index (χ0) is 20.1. The van der Waals surface area contributed by atoms with Crippen LogP contribution in [0, 0.1) is 12.7 Å². The molecule has 0 bridgehead atoms. The summed E-state index contributed by atoms with van der Waals surface area (Å²) in [7, 11) is -3.85. The summed E-state index contributed by atoms with van der Waals surface area (Å²) in [5.74, 6) is -0.585. The van der Waals surface area contributed by atoms with Gasteiger partial charge in [0.2, 0.25) is 10.0 Å². The van der Waals surface area contributed by atoms with Crippen LogP contribution in [0.4, 0.5) is 14.9 Å². The first kappa shape index (κ1) is 20.3. The number of urea groups is 1. The summed E-state index contributed by atoms with van der Waals surface area (Å²) in [5, 5.41) is 5.47. The Morgan fingerprint density at radius 3 is 2.68 bits per heavy atom. The molecule has 28 heavy (non-hydrogen) atoms. The minimum Gasteiger partial charge on any atom is -0.336 e. The molecular weight excluding hydrogens is 381 g/mol. The number of carbonyl (C=O) groups excluding carboxylic acids is 1. The van der Waals surface area contributed by atoms with Crippen molar-refractivity contribution in [2.24, 2.45) is 0 Å². The van der Waals surface area contributed by atoms with Gasteiger partial charge in [0.25, 0.3) is 0 Å². The number of nitrogens with one attached hydrogen (secondary N) is 2. The first-order valence-electron chi connectivity index (χ1n) is 9.26. The van der Waals surface area contributed by atoms with E-state index in [-0.39, 0.29) is 17.5 Å². The second-order valence-electron chi connectivity index (χ2n) is 6.88. The number of rotatable bonds is 5. The first-order chi connectivity index (χ1) is 13.4. The number of piperidine rings is 1. The third-order valence-electron chi connectivity index (χ3n) is 4.84. The summed E-state index contributed by atoms with van der Waals surface area (Å²) < 4.78 is 41.3. The van der Waals surface area contributed by atoms with E-state index >= 15 is 0 Å². The van der Waals surface area contributed by atoms with Crippen LogP contribution >= 0.6 is 0 Å². The van der Waals surface area contributed by atoms with E-state index in [9.17, 15) is 17.6 Å². The lowest BCUT2D eigenvalue weighted by Gasteiger charge is -2.35. The summed E-state index contributed by atoms with van der Waals surface area (Å²) in [6, 6.07) is 12.0. The van der Waals surface area contributed by atoms with Gasteiger partial charge < -0.3 is 10.6 Å². The number of hydrogen-bond donors (Lipinski definition) is 2. The number of anilines is 1. The summed E-state index contributed by atoms with van der Waals surface area (Å²) in [6.07, 6.45) is 2.25. The third-order valence-corrected chi connectivity index (χ3v) is 6.93. The Morgan fingerprint density at radius 1 is 1.18 bits per heavy atom. The van der Waals surface area contributed by atoms with Crippen molar-refractivity contribution in [3.8, 4) is 0 Å². The maximum atomic E-state index is 13.7. The molecule has 1 aliphatic rings. The zero-order valence-corrected chi connectivity index (χ0v) is 16.5. The van der Waals surface area contributed by atoms with E-state index in [4.69, 9.17) is 0 Å². The summed E-state index contributed by atoms with van der Waals surface area (Å²) in [4.78, 5) is 12.1. The Balaban J connectivity index is 1.71.